The zero-order valence-electron chi connectivity index (χ0n) is 14.4. The van der Waals surface area contributed by atoms with Gasteiger partial charge < -0.3 is 0 Å². The van der Waals surface area contributed by atoms with Crippen LogP contribution >= 0.6 is 0 Å². The monoisotopic (exact) mass is 341 g/mol. The van der Waals surface area contributed by atoms with Gasteiger partial charge in [0.25, 0.3) is 0 Å². The summed E-state index contributed by atoms with van der Waals surface area (Å²) in [5.41, 5.74) is 0. The van der Waals surface area contributed by atoms with Gasteiger partial charge in [-0.05, 0) is 19.3 Å². The number of rotatable bonds is 15. The van der Waals surface area contributed by atoms with E-state index in [1.54, 1.807) is 0 Å². The lowest BCUT2D eigenvalue weighted by Crippen LogP contribution is -2.34. The summed E-state index contributed by atoms with van der Waals surface area (Å²) in [5, 5.41) is 16.5. The zero-order chi connectivity index (χ0) is 17.4. The Morgan fingerprint density at radius 2 is 1.48 bits per heavy atom. The zero-order valence-corrected chi connectivity index (χ0v) is 15.2. The number of hydrogen-bond acceptors (Lipinski definition) is 4. The van der Waals surface area contributed by atoms with Gasteiger partial charge in [-0.1, -0.05) is 58.3 Å². The molecular weight excluding hydrogens is 310 g/mol. The van der Waals surface area contributed by atoms with E-state index in [9.17, 15) is 8.42 Å². The third-order valence-electron chi connectivity index (χ3n) is 3.86. The molecule has 0 spiro atoms. The number of unbranched alkanes of at least 4 members (excludes halogenated alkanes) is 9. The van der Waals surface area contributed by atoms with Crippen molar-refractivity contribution in [2.24, 2.45) is 0 Å². The summed E-state index contributed by atoms with van der Waals surface area (Å²) in [6.45, 7) is 2.41. The lowest BCUT2D eigenvalue weighted by Gasteiger charge is -2.11. The van der Waals surface area contributed by atoms with E-state index in [2.05, 4.69) is 10.8 Å². The molecular formula is C17H31N3O2S. The first-order valence-electron chi connectivity index (χ1n) is 8.83. The molecule has 0 aromatic heterocycles. The molecule has 1 atom stereocenters. The topological polar surface area (TPSA) is 93.8 Å². The molecule has 0 rings (SSSR count). The van der Waals surface area contributed by atoms with Crippen molar-refractivity contribution in [3.63, 3.8) is 0 Å². The molecule has 0 amide bonds. The molecule has 23 heavy (non-hydrogen) atoms. The predicted molar refractivity (Wildman–Crippen MR) is 93.0 cm³/mol. The van der Waals surface area contributed by atoms with Crippen molar-refractivity contribution < 1.29 is 8.42 Å². The Kier molecular flexibility index (Phi) is 13.8. The number of hydrogen-bond donors (Lipinski definition) is 1. The summed E-state index contributed by atoms with van der Waals surface area (Å²) in [5.74, 6) is 0. The number of sulfonamides is 1. The molecule has 0 bridgehead atoms. The molecule has 0 aromatic carbocycles. The number of nitriles is 2. The van der Waals surface area contributed by atoms with E-state index in [0.717, 1.165) is 51.4 Å². The standard InChI is InChI=1S/C17H31N3O2S/c1-2-3-13-17(16-19)23(21,22)20-15-12-10-8-6-4-5-7-9-11-14-18/h17,20H,2-13,15H2,1H3. The maximum Gasteiger partial charge on any atom is 0.227 e. The maximum absolute atomic E-state index is 12.0. The molecule has 0 saturated carbocycles. The molecule has 0 aliphatic carbocycles. The minimum atomic E-state index is -3.49. The molecule has 0 heterocycles. The van der Waals surface area contributed by atoms with Crippen LogP contribution in [0.3, 0.4) is 0 Å². The third-order valence-corrected chi connectivity index (χ3v) is 5.55. The van der Waals surface area contributed by atoms with Gasteiger partial charge in [0.1, 0.15) is 0 Å². The van der Waals surface area contributed by atoms with Crippen LogP contribution < -0.4 is 4.72 Å². The van der Waals surface area contributed by atoms with E-state index in [1.165, 1.54) is 12.8 Å². The van der Waals surface area contributed by atoms with E-state index in [4.69, 9.17) is 10.5 Å². The molecule has 0 aliphatic heterocycles. The molecule has 0 radical (unpaired) electrons. The molecule has 0 saturated heterocycles. The van der Waals surface area contributed by atoms with Crippen LogP contribution in [0.5, 0.6) is 0 Å². The van der Waals surface area contributed by atoms with Gasteiger partial charge in [-0.25, -0.2) is 13.1 Å². The highest BCUT2D eigenvalue weighted by molar-refractivity contribution is 7.90. The van der Waals surface area contributed by atoms with Crippen molar-refractivity contribution in [1.29, 1.82) is 10.5 Å². The van der Waals surface area contributed by atoms with Crippen molar-refractivity contribution in [2.75, 3.05) is 6.54 Å². The average molecular weight is 342 g/mol. The van der Waals surface area contributed by atoms with E-state index in [1.807, 2.05) is 13.0 Å². The fraction of sp³-hybridized carbons (Fsp3) is 0.882. The second-order valence-corrected chi connectivity index (χ2v) is 7.88. The normalized spacial score (nSPS) is 12.5. The fourth-order valence-electron chi connectivity index (χ4n) is 2.38. The molecule has 132 valence electrons. The lowest BCUT2D eigenvalue weighted by atomic mass is 10.1. The summed E-state index contributed by atoms with van der Waals surface area (Å²) in [6, 6.07) is 4.05. The van der Waals surface area contributed by atoms with Crippen LogP contribution in [-0.4, -0.2) is 20.2 Å². The Balaban J connectivity index is 3.63. The second-order valence-electron chi connectivity index (χ2n) is 5.94. The van der Waals surface area contributed by atoms with Crippen LogP contribution in [0.4, 0.5) is 0 Å². The van der Waals surface area contributed by atoms with Gasteiger partial charge in [-0.2, -0.15) is 10.5 Å². The van der Waals surface area contributed by atoms with Crippen molar-refractivity contribution >= 4 is 10.0 Å². The Bertz CT molecular complexity index is 463. The second kappa shape index (κ2) is 14.5. The van der Waals surface area contributed by atoms with Crippen molar-refractivity contribution in [1.82, 2.24) is 4.72 Å². The highest BCUT2D eigenvalue weighted by Crippen LogP contribution is 2.11. The lowest BCUT2D eigenvalue weighted by molar-refractivity contribution is 0.549. The predicted octanol–water partition coefficient (Wildman–Crippen LogP) is 4.02. The smallest absolute Gasteiger partial charge is 0.214 e. The maximum atomic E-state index is 12.0. The molecule has 0 aromatic rings. The van der Waals surface area contributed by atoms with E-state index in [0.29, 0.717) is 19.4 Å². The molecule has 6 heteroatoms. The quantitative estimate of drug-likeness (QED) is 0.455. The molecule has 0 fully saturated rings. The van der Waals surface area contributed by atoms with Gasteiger partial charge in [0, 0.05) is 13.0 Å². The minimum Gasteiger partial charge on any atom is -0.214 e. The largest absolute Gasteiger partial charge is 0.227 e. The van der Waals surface area contributed by atoms with Gasteiger partial charge in [-0.15, -0.1) is 0 Å². The van der Waals surface area contributed by atoms with Gasteiger partial charge >= 0.3 is 0 Å². The highest BCUT2D eigenvalue weighted by Gasteiger charge is 2.23. The van der Waals surface area contributed by atoms with E-state index >= 15 is 0 Å². The minimum absolute atomic E-state index is 0.411. The fourth-order valence-corrected chi connectivity index (χ4v) is 3.63. The Labute approximate surface area is 142 Å². The summed E-state index contributed by atoms with van der Waals surface area (Å²) in [7, 11) is -3.49. The molecule has 1 unspecified atom stereocenters. The first-order valence-corrected chi connectivity index (χ1v) is 10.4. The van der Waals surface area contributed by atoms with Crippen molar-refractivity contribution in [3.8, 4) is 12.1 Å². The van der Waals surface area contributed by atoms with Crippen LogP contribution in [-0.2, 0) is 10.0 Å². The van der Waals surface area contributed by atoms with Crippen LogP contribution in [0, 0.1) is 22.7 Å². The Hall–Kier alpha value is -1.11. The Morgan fingerprint density at radius 3 is 2.00 bits per heavy atom. The number of nitrogens with zero attached hydrogens (tertiary/aromatic N) is 2. The van der Waals surface area contributed by atoms with Gasteiger partial charge in [0.05, 0.1) is 12.1 Å². The van der Waals surface area contributed by atoms with Crippen LogP contribution in [0.25, 0.3) is 0 Å². The van der Waals surface area contributed by atoms with Gasteiger partial charge in [-0.3, -0.25) is 0 Å². The Morgan fingerprint density at radius 1 is 0.913 bits per heavy atom. The van der Waals surface area contributed by atoms with Crippen LogP contribution in [0.15, 0.2) is 0 Å². The first-order chi connectivity index (χ1) is 11.1. The van der Waals surface area contributed by atoms with E-state index < -0.39 is 15.3 Å². The van der Waals surface area contributed by atoms with Crippen molar-refractivity contribution in [2.45, 2.75) is 89.2 Å². The summed E-state index contributed by atoms with van der Waals surface area (Å²) in [4.78, 5) is 0. The molecule has 1 N–H and O–H groups in total. The van der Waals surface area contributed by atoms with Gasteiger partial charge in [0.2, 0.25) is 10.0 Å². The van der Waals surface area contributed by atoms with Crippen LogP contribution in [0.2, 0.25) is 0 Å². The number of nitrogens with one attached hydrogen (secondary N) is 1. The summed E-state index contributed by atoms with van der Waals surface area (Å²) >= 11 is 0. The average Bonchev–Trinajstić information content (AvgIpc) is 2.53. The molecule has 0 aliphatic rings. The third kappa shape index (κ3) is 12.0. The first kappa shape index (κ1) is 21.9. The highest BCUT2D eigenvalue weighted by atomic mass is 32.2. The SMILES string of the molecule is CCCCC(C#N)S(=O)(=O)NCCCCCCCCCCC#N. The van der Waals surface area contributed by atoms with Crippen LogP contribution in [0.1, 0.15) is 84.0 Å². The summed E-state index contributed by atoms with van der Waals surface area (Å²) in [6.07, 6.45) is 11.3. The molecule has 5 nitrogen and oxygen atoms in total. The van der Waals surface area contributed by atoms with Gasteiger partial charge in [0.15, 0.2) is 5.25 Å². The summed E-state index contributed by atoms with van der Waals surface area (Å²) < 4.78 is 26.5. The van der Waals surface area contributed by atoms with Crippen molar-refractivity contribution in [3.05, 3.63) is 0 Å². The van der Waals surface area contributed by atoms with E-state index in [-0.39, 0.29) is 0 Å².